The van der Waals surface area contributed by atoms with Crippen LogP contribution in [0.1, 0.15) is 18.4 Å². The zero-order chi connectivity index (χ0) is 21.2. The summed E-state index contributed by atoms with van der Waals surface area (Å²) in [5.41, 5.74) is 9.48. The molecule has 0 aromatic heterocycles. The summed E-state index contributed by atoms with van der Waals surface area (Å²) in [6, 6.07) is 7.75. The largest absolute Gasteiger partial charge is 1.00 e. The van der Waals surface area contributed by atoms with Gasteiger partial charge in [0, 0.05) is 32.1 Å². The van der Waals surface area contributed by atoms with Crippen LogP contribution in [0.3, 0.4) is 0 Å². The summed E-state index contributed by atoms with van der Waals surface area (Å²) in [5, 5.41) is 6.23. The molecule has 12 heteroatoms. The van der Waals surface area contributed by atoms with Gasteiger partial charge in [-0.2, -0.15) is 0 Å². The quantitative estimate of drug-likeness (QED) is 0.0615. The van der Waals surface area contributed by atoms with E-state index in [2.05, 4.69) is 21.4 Å². The van der Waals surface area contributed by atoms with Crippen molar-refractivity contribution in [3.05, 3.63) is 45.2 Å². The summed E-state index contributed by atoms with van der Waals surface area (Å²) in [6.45, 7) is 0.304. The second-order valence-corrected chi connectivity index (χ2v) is 7.53. The molecular formula is C18H20N5NaO4S2. The van der Waals surface area contributed by atoms with Crippen LogP contribution in [0.5, 0.6) is 0 Å². The van der Waals surface area contributed by atoms with Crippen molar-refractivity contribution < 1.29 is 48.6 Å². The summed E-state index contributed by atoms with van der Waals surface area (Å²) in [4.78, 5) is 29.1. The first-order chi connectivity index (χ1) is 14.0. The molecule has 1 N–H and O–H groups in total. The van der Waals surface area contributed by atoms with Crippen molar-refractivity contribution in [3.63, 3.8) is 0 Å². The Hall–Kier alpha value is -1.43. The van der Waals surface area contributed by atoms with Crippen molar-refractivity contribution in [2.24, 2.45) is 5.11 Å². The van der Waals surface area contributed by atoms with Gasteiger partial charge in [0.25, 0.3) is 5.91 Å². The van der Waals surface area contributed by atoms with Crippen LogP contribution in [0, 0.1) is 6.07 Å². The number of methoxy groups -OCH3 is 2. The van der Waals surface area contributed by atoms with Crippen LogP contribution in [0.2, 0.25) is 0 Å². The predicted molar refractivity (Wildman–Crippen MR) is 114 cm³/mol. The number of hydrogen-bond donors (Lipinski definition) is 1. The Morgan fingerprint density at radius 1 is 1.47 bits per heavy atom. The molecule has 0 unspecified atom stereocenters. The van der Waals surface area contributed by atoms with Crippen molar-refractivity contribution in [2.75, 3.05) is 27.3 Å². The average molecular weight is 458 g/mol. The molecule has 1 fully saturated rings. The van der Waals surface area contributed by atoms with Gasteiger partial charge >= 0.3 is 29.6 Å². The van der Waals surface area contributed by atoms with Gasteiger partial charge in [0.1, 0.15) is 10.9 Å². The van der Waals surface area contributed by atoms with Gasteiger partial charge in [-0.15, -0.1) is 41.0 Å². The van der Waals surface area contributed by atoms with Crippen LogP contribution in [-0.4, -0.2) is 54.6 Å². The molecule has 0 bridgehead atoms. The van der Waals surface area contributed by atoms with Gasteiger partial charge in [0.2, 0.25) is 5.91 Å². The molecule has 1 saturated heterocycles. The molecule has 0 aliphatic carbocycles. The first kappa shape index (κ1) is 26.6. The van der Waals surface area contributed by atoms with E-state index in [9.17, 15) is 9.59 Å². The minimum atomic E-state index is -0.332. The van der Waals surface area contributed by atoms with Crippen molar-refractivity contribution >= 4 is 51.9 Å². The standard InChI is InChI=1S/C18H20N5O4S2.Na/c1-26-16(27-2)4-3-9-20-15(24)11-23-17(25)14(29-18(23)28)10-12-5-7-13(8-6-12)21-22-19;/h5,7-8,10,16H,3-4,9,11H2,1-2H3,(H,20,24);/q-1;+1. The summed E-state index contributed by atoms with van der Waals surface area (Å²) < 4.78 is 10.5. The zero-order valence-corrected chi connectivity index (χ0v) is 20.6. The summed E-state index contributed by atoms with van der Waals surface area (Å²) in [7, 11) is 3.11. The Morgan fingerprint density at radius 2 is 2.20 bits per heavy atom. The molecule has 1 aliphatic heterocycles. The van der Waals surface area contributed by atoms with E-state index in [1.807, 2.05) is 0 Å². The smallest absolute Gasteiger partial charge is 0.356 e. The first-order valence-corrected chi connectivity index (χ1v) is 9.85. The Bertz CT molecular complexity index is 839. The predicted octanol–water partition coefficient (Wildman–Crippen LogP) is 0.149. The monoisotopic (exact) mass is 457 g/mol. The molecule has 2 amide bonds. The van der Waals surface area contributed by atoms with Crippen molar-refractivity contribution in [3.8, 4) is 0 Å². The van der Waals surface area contributed by atoms with Gasteiger partial charge in [-0.25, -0.2) is 0 Å². The molecule has 0 spiro atoms. The molecule has 1 aliphatic rings. The van der Waals surface area contributed by atoms with E-state index in [1.165, 1.54) is 11.0 Å². The van der Waals surface area contributed by atoms with Gasteiger partial charge in [-0.05, 0) is 22.6 Å². The fraction of sp³-hybridized carbons (Fsp3) is 0.389. The van der Waals surface area contributed by atoms with Crippen LogP contribution < -0.4 is 34.9 Å². The number of azide groups is 1. The third kappa shape index (κ3) is 8.01. The topological polar surface area (TPSA) is 117 Å². The number of ether oxygens (including phenoxy) is 2. The Balaban J connectivity index is 0.00000450. The van der Waals surface area contributed by atoms with Crippen LogP contribution in [-0.2, 0) is 19.1 Å². The van der Waals surface area contributed by atoms with Gasteiger partial charge in [0.05, 0.1) is 0 Å². The molecule has 1 aromatic rings. The van der Waals surface area contributed by atoms with E-state index >= 15 is 0 Å². The number of carbonyl (C=O) groups excluding carboxylic acids is 2. The minimum absolute atomic E-state index is 0. The average Bonchev–Trinajstić information content (AvgIpc) is 2.97. The van der Waals surface area contributed by atoms with Crippen molar-refractivity contribution in [1.82, 2.24) is 10.2 Å². The van der Waals surface area contributed by atoms with E-state index in [4.69, 9.17) is 27.2 Å². The van der Waals surface area contributed by atoms with Gasteiger partial charge in [-0.1, -0.05) is 24.0 Å². The van der Waals surface area contributed by atoms with E-state index in [1.54, 1.807) is 32.4 Å². The maximum atomic E-state index is 12.6. The van der Waals surface area contributed by atoms with Crippen LogP contribution >= 0.6 is 24.0 Å². The van der Waals surface area contributed by atoms with Crippen LogP contribution in [0.4, 0.5) is 5.69 Å². The maximum Gasteiger partial charge on any atom is 1.00 e. The number of thiocarbonyl (C=S) groups is 1. The second-order valence-electron chi connectivity index (χ2n) is 5.85. The molecule has 1 aromatic carbocycles. The van der Waals surface area contributed by atoms with Crippen LogP contribution in [0.25, 0.3) is 16.5 Å². The molecule has 0 atom stereocenters. The zero-order valence-electron chi connectivity index (χ0n) is 17.0. The molecule has 0 radical (unpaired) electrons. The molecule has 0 saturated carbocycles. The number of carbonyl (C=O) groups is 2. The van der Waals surface area contributed by atoms with Gasteiger partial charge in [-0.3, -0.25) is 14.5 Å². The van der Waals surface area contributed by atoms with Gasteiger partial charge < -0.3 is 14.8 Å². The molecule has 2 rings (SSSR count). The van der Waals surface area contributed by atoms with E-state index < -0.39 is 0 Å². The van der Waals surface area contributed by atoms with E-state index in [-0.39, 0.29) is 54.2 Å². The Kier molecular flexibility index (Phi) is 12.2. The van der Waals surface area contributed by atoms with Crippen molar-refractivity contribution in [2.45, 2.75) is 19.1 Å². The summed E-state index contributed by atoms with van der Waals surface area (Å²) in [5.74, 6) is -0.624. The maximum absolute atomic E-state index is 12.6. The molecule has 154 valence electrons. The summed E-state index contributed by atoms with van der Waals surface area (Å²) in [6.07, 6.45) is 2.65. The fourth-order valence-corrected chi connectivity index (χ4v) is 3.68. The van der Waals surface area contributed by atoms with E-state index in [0.717, 1.165) is 11.8 Å². The Morgan fingerprint density at radius 3 is 2.80 bits per heavy atom. The van der Waals surface area contributed by atoms with E-state index in [0.29, 0.717) is 39.9 Å². The second kappa shape index (κ2) is 13.8. The number of rotatable bonds is 10. The van der Waals surface area contributed by atoms with Crippen LogP contribution in [0.15, 0.2) is 28.2 Å². The number of nitrogens with zero attached hydrogens (tertiary/aromatic N) is 4. The third-order valence-electron chi connectivity index (χ3n) is 3.91. The van der Waals surface area contributed by atoms with Gasteiger partial charge in [0.15, 0.2) is 6.29 Å². The fourth-order valence-electron chi connectivity index (χ4n) is 2.44. The number of hydrogen-bond acceptors (Lipinski definition) is 7. The number of amides is 2. The number of benzene rings is 1. The number of nitrogens with one attached hydrogen (secondary N) is 1. The normalized spacial score (nSPS) is 14.6. The third-order valence-corrected chi connectivity index (χ3v) is 5.28. The number of thioether (sulfide) groups is 1. The Labute approximate surface area is 206 Å². The minimum Gasteiger partial charge on any atom is -0.356 e. The first-order valence-electron chi connectivity index (χ1n) is 8.63. The molecule has 9 nitrogen and oxygen atoms in total. The summed E-state index contributed by atoms with van der Waals surface area (Å²) >= 11 is 6.36. The molecular weight excluding hydrogens is 437 g/mol. The SMILES string of the molecule is COC(CCCNC(=O)CN1C(=O)C(=Cc2[c-]cc(N=[N+]=[N-])cc2)SC1=S)OC.[Na+]. The molecule has 1 heterocycles. The van der Waals surface area contributed by atoms with Crippen molar-refractivity contribution in [1.29, 1.82) is 0 Å². The molecule has 30 heavy (non-hydrogen) atoms.